The molecule has 0 aliphatic carbocycles. The fourth-order valence-electron chi connectivity index (χ4n) is 1.04. The van der Waals surface area contributed by atoms with Crippen LogP contribution in [-0.4, -0.2) is 13.7 Å². The van der Waals surface area contributed by atoms with Crippen LogP contribution in [-0.2, 0) is 4.74 Å². The molecule has 0 heterocycles. The normalized spacial score (nSPS) is 13.8. The summed E-state index contributed by atoms with van der Waals surface area (Å²) < 4.78 is 5.07. The molecule has 0 radical (unpaired) electrons. The Morgan fingerprint density at radius 3 is 2.45 bits per heavy atom. The lowest BCUT2D eigenvalue weighted by molar-refractivity contribution is 0.223. The van der Waals surface area contributed by atoms with Crippen LogP contribution >= 0.6 is 0 Å². The van der Waals surface area contributed by atoms with Gasteiger partial charge in [0.1, 0.15) is 0 Å². The Balaban J connectivity index is 4.26. The first kappa shape index (κ1) is 10.4. The van der Waals surface area contributed by atoms with E-state index >= 15 is 0 Å². The van der Waals surface area contributed by atoms with Crippen molar-refractivity contribution < 1.29 is 4.74 Å². The number of allylic oxidation sites excluding steroid dienone is 3. The molecule has 64 valence electrons. The van der Waals surface area contributed by atoms with E-state index in [2.05, 4.69) is 26.0 Å². The van der Waals surface area contributed by atoms with E-state index in [1.165, 1.54) is 11.1 Å². The van der Waals surface area contributed by atoms with Gasteiger partial charge in [-0.25, -0.2) is 0 Å². The summed E-state index contributed by atoms with van der Waals surface area (Å²) >= 11 is 0. The molecule has 0 atom stereocenters. The van der Waals surface area contributed by atoms with Crippen LogP contribution in [0.15, 0.2) is 23.3 Å². The zero-order chi connectivity index (χ0) is 8.69. The molecule has 0 fully saturated rings. The Labute approximate surface area is 69.8 Å². The predicted molar refractivity (Wildman–Crippen MR) is 49.7 cm³/mol. The van der Waals surface area contributed by atoms with E-state index in [1.807, 2.05) is 6.92 Å². The van der Waals surface area contributed by atoms with E-state index in [-0.39, 0.29) is 0 Å². The summed E-state index contributed by atoms with van der Waals surface area (Å²) in [6, 6.07) is 0. The molecular formula is C10H18O. The van der Waals surface area contributed by atoms with Crippen LogP contribution in [0, 0.1) is 0 Å². The van der Waals surface area contributed by atoms with E-state index in [1.54, 1.807) is 7.11 Å². The molecule has 11 heavy (non-hydrogen) atoms. The second-order valence-corrected chi connectivity index (χ2v) is 2.57. The average Bonchev–Trinajstić information content (AvgIpc) is 2.00. The Morgan fingerprint density at radius 2 is 2.09 bits per heavy atom. The molecule has 0 spiro atoms. The highest BCUT2D eigenvalue weighted by Gasteiger charge is 1.95. The monoisotopic (exact) mass is 154 g/mol. The summed E-state index contributed by atoms with van der Waals surface area (Å²) in [7, 11) is 1.73. The SMILES string of the molecule is C/C=C\C(C)=C(\CC)COC. The molecular weight excluding hydrogens is 136 g/mol. The maximum absolute atomic E-state index is 5.07. The maximum Gasteiger partial charge on any atom is 0.0678 e. The second-order valence-electron chi connectivity index (χ2n) is 2.57. The Kier molecular flexibility index (Phi) is 5.86. The number of hydrogen-bond donors (Lipinski definition) is 0. The lowest BCUT2D eigenvalue weighted by Crippen LogP contribution is -1.95. The van der Waals surface area contributed by atoms with Gasteiger partial charge in [-0.3, -0.25) is 0 Å². The summed E-state index contributed by atoms with van der Waals surface area (Å²) in [5, 5.41) is 0. The summed E-state index contributed by atoms with van der Waals surface area (Å²) in [6.07, 6.45) is 5.25. The van der Waals surface area contributed by atoms with Crippen LogP contribution < -0.4 is 0 Å². The van der Waals surface area contributed by atoms with E-state index < -0.39 is 0 Å². The molecule has 0 aliphatic rings. The number of hydrogen-bond acceptors (Lipinski definition) is 1. The number of methoxy groups -OCH3 is 1. The van der Waals surface area contributed by atoms with Crippen LogP contribution in [0.25, 0.3) is 0 Å². The van der Waals surface area contributed by atoms with E-state index in [9.17, 15) is 0 Å². The van der Waals surface area contributed by atoms with Gasteiger partial charge in [-0.05, 0) is 31.4 Å². The van der Waals surface area contributed by atoms with Gasteiger partial charge in [0, 0.05) is 7.11 Å². The average molecular weight is 154 g/mol. The van der Waals surface area contributed by atoms with Gasteiger partial charge in [0.25, 0.3) is 0 Å². The van der Waals surface area contributed by atoms with Crippen molar-refractivity contribution in [1.29, 1.82) is 0 Å². The van der Waals surface area contributed by atoms with Crippen molar-refractivity contribution in [2.45, 2.75) is 27.2 Å². The van der Waals surface area contributed by atoms with Crippen molar-refractivity contribution in [2.24, 2.45) is 0 Å². The molecule has 0 saturated carbocycles. The van der Waals surface area contributed by atoms with Gasteiger partial charge in [0.2, 0.25) is 0 Å². The molecule has 0 aliphatic heterocycles. The van der Waals surface area contributed by atoms with Gasteiger partial charge >= 0.3 is 0 Å². The molecule has 0 saturated heterocycles. The van der Waals surface area contributed by atoms with Crippen molar-refractivity contribution in [3.05, 3.63) is 23.3 Å². The van der Waals surface area contributed by atoms with Crippen molar-refractivity contribution in [2.75, 3.05) is 13.7 Å². The molecule has 0 aromatic carbocycles. The van der Waals surface area contributed by atoms with Crippen LogP contribution in [0.3, 0.4) is 0 Å². The Bertz CT molecular complexity index is 154. The summed E-state index contributed by atoms with van der Waals surface area (Å²) in [5.74, 6) is 0. The fourth-order valence-corrected chi connectivity index (χ4v) is 1.04. The lowest BCUT2D eigenvalue weighted by atomic mass is 10.1. The molecule has 0 N–H and O–H groups in total. The Morgan fingerprint density at radius 1 is 1.45 bits per heavy atom. The van der Waals surface area contributed by atoms with Crippen LogP contribution in [0.2, 0.25) is 0 Å². The summed E-state index contributed by atoms with van der Waals surface area (Å²) in [5.41, 5.74) is 2.71. The quantitative estimate of drug-likeness (QED) is 0.566. The standard InChI is InChI=1S/C10H18O/c1-5-7-9(3)10(6-2)8-11-4/h5,7H,6,8H2,1-4H3/b7-5-,10-9-. The third-order valence-corrected chi connectivity index (χ3v) is 1.72. The fraction of sp³-hybridized carbons (Fsp3) is 0.600. The highest BCUT2D eigenvalue weighted by molar-refractivity contribution is 5.23. The third-order valence-electron chi connectivity index (χ3n) is 1.72. The van der Waals surface area contributed by atoms with Gasteiger partial charge < -0.3 is 4.74 Å². The van der Waals surface area contributed by atoms with E-state index in [0.717, 1.165) is 13.0 Å². The van der Waals surface area contributed by atoms with Crippen molar-refractivity contribution >= 4 is 0 Å². The van der Waals surface area contributed by atoms with Crippen LogP contribution in [0.5, 0.6) is 0 Å². The predicted octanol–water partition coefficient (Wildman–Crippen LogP) is 2.94. The summed E-state index contributed by atoms with van der Waals surface area (Å²) in [4.78, 5) is 0. The Hall–Kier alpha value is -0.560. The molecule has 0 amide bonds. The molecule has 1 heteroatoms. The largest absolute Gasteiger partial charge is 0.380 e. The van der Waals surface area contributed by atoms with Gasteiger partial charge in [-0.15, -0.1) is 0 Å². The van der Waals surface area contributed by atoms with Crippen molar-refractivity contribution in [1.82, 2.24) is 0 Å². The molecule has 0 bridgehead atoms. The van der Waals surface area contributed by atoms with Crippen molar-refractivity contribution in [3.8, 4) is 0 Å². The number of rotatable bonds is 4. The first-order chi connectivity index (χ1) is 5.26. The molecule has 0 aromatic heterocycles. The zero-order valence-corrected chi connectivity index (χ0v) is 7.98. The highest BCUT2D eigenvalue weighted by atomic mass is 16.5. The maximum atomic E-state index is 5.07. The minimum absolute atomic E-state index is 0.757. The van der Waals surface area contributed by atoms with E-state index in [4.69, 9.17) is 4.74 Å². The van der Waals surface area contributed by atoms with Gasteiger partial charge in [-0.2, -0.15) is 0 Å². The molecule has 0 unspecified atom stereocenters. The van der Waals surface area contributed by atoms with Gasteiger partial charge in [-0.1, -0.05) is 19.1 Å². The molecule has 1 nitrogen and oxygen atoms in total. The van der Waals surface area contributed by atoms with Gasteiger partial charge in [0.05, 0.1) is 6.61 Å². The number of ether oxygens (including phenoxy) is 1. The summed E-state index contributed by atoms with van der Waals surface area (Å²) in [6.45, 7) is 7.06. The topological polar surface area (TPSA) is 9.23 Å². The van der Waals surface area contributed by atoms with Gasteiger partial charge in [0.15, 0.2) is 0 Å². The minimum Gasteiger partial charge on any atom is -0.380 e. The second kappa shape index (κ2) is 6.17. The highest BCUT2D eigenvalue weighted by Crippen LogP contribution is 2.09. The van der Waals surface area contributed by atoms with E-state index in [0.29, 0.717) is 0 Å². The van der Waals surface area contributed by atoms with Crippen LogP contribution in [0.4, 0.5) is 0 Å². The van der Waals surface area contributed by atoms with Crippen LogP contribution in [0.1, 0.15) is 27.2 Å². The smallest absolute Gasteiger partial charge is 0.0678 e. The molecule has 0 rings (SSSR count). The third kappa shape index (κ3) is 3.99. The van der Waals surface area contributed by atoms with Crippen molar-refractivity contribution in [3.63, 3.8) is 0 Å². The zero-order valence-electron chi connectivity index (χ0n) is 7.98. The lowest BCUT2D eigenvalue weighted by Gasteiger charge is -2.05. The minimum atomic E-state index is 0.757. The molecule has 0 aromatic rings. The first-order valence-corrected chi connectivity index (χ1v) is 4.06. The first-order valence-electron chi connectivity index (χ1n) is 4.06.